The summed E-state index contributed by atoms with van der Waals surface area (Å²) < 4.78 is 0. The highest BCUT2D eigenvalue weighted by atomic mass is 15.0. The molecule has 3 N–H and O–H groups in total. The lowest BCUT2D eigenvalue weighted by Gasteiger charge is -2.32. The van der Waals surface area contributed by atoms with Crippen LogP contribution in [0.25, 0.3) is 0 Å². The summed E-state index contributed by atoms with van der Waals surface area (Å²) in [6.45, 7) is 8.73. The van der Waals surface area contributed by atoms with Gasteiger partial charge in [-0.2, -0.15) is 0 Å². The minimum absolute atomic E-state index is 0.248. The third-order valence-corrected chi connectivity index (χ3v) is 4.11. The molecule has 0 bridgehead atoms. The second-order valence-corrected chi connectivity index (χ2v) is 5.45. The third-order valence-electron chi connectivity index (χ3n) is 4.11. The molecule has 2 unspecified atom stereocenters. The first-order valence-electron chi connectivity index (χ1n) is 6.58. The average Bonchev–Trinajstić information content (AvgIpc) is 2.42. The smallest absolute Gasteiger partial charge is 0.0304 e. The van der Waals surface area contributed by atoms with Gasteiger partial charge in [0.15, 0.2) is 0 Å². The number of rotatable bonds is 4. The van der Waals surface area contributed by atoms with E-state index in [0.29, 0.717) is 0 Å². The largest absolute Gasteiger partial charge is 0.329 e. The van der Waals surface area contributed by atoms with Crippen molar-refractivity contribution >= 4 is 0 Å². The highest BCUT2D eigenvalue weighted by Gasteiger charge is 2.31. The lowest BCUT2D eigenvalue weighted by atomic mass is 9.86. The van der Waals surface area contributed by atoms with Crippen LogP contribution >= 0.6 is 0 Å². The molecule has 0 aliphatic heterocycles. The Kier molecular flexibility index (Phi) is 5.07. The van der Waals surface area contributed by atoms with Crippen LogP contribution in [0, 0.1) is 11.8 Å². The van der Waals surface area contributed by atoms with Gasteiger partial charge in [-0.15, -0.1) is 0 Å². The topological polar surface area (TPSA) is 38.0 Å². The molecule has 1 saturated carbocycles. The van der Waals surface area contributed by atoms with E-state index in [-0.39, 0.29) is 5.54 Å². The maximum Gasteiger partial charge on any atom is 0.0304 e. The molecular weight excluding hydrogens is 184 g/mol. The van der Waals surface area contributed by atoms with Crippen LogP contribution < -0.4 is 11.1 Å². The Hall–Kier alpha value is -0.0800. The fraction of sp³-hybridized carbons (Fsp3) is 1.00. The van der Waals surface area contributed by atoms with Gasteiger partial charge in [0, 0.05) is 12.1 Å². The molecule has 0 aromatic carbocycles. The lowest BCUT2D eigenvalue weighted by Crippen LogP contribution is -2.50. The van der Waals surface area contributed by atoms with Crippen molar-refractivity contribution in [3.05, 3.63) is 0 Å². The van der Waals surface area contributed by atoms with Crippen LogP contribution in [0.2, 0.25) is 0 Å². The summed E-state index contributed by atoms with van der Waals surface area (Å²) in [5.41, 5.74) is 6.20. The fourth-order valence-corrected chi connectivity index (χ4v) is 2.93. The fourth-order valence-electron chi connectivity index (χ4n) is 2.93. The van der Waals surface area contributed by atoms with E-state index in [2.05, 4.69) is 26.1 Å². The quantitative estimate of drug-likeness (QED) is 0.703. The first-order valence-corrected chi connectivity index (χ1v) is 6.58. The van der Waals surface area contributed by atoms with Crippen molar-refractivity contribution in [2.24, 2.45) is 17.6 Å². The zero-order chi connectivity index (χ0) is 11.3. The van der Waals surface area contributed by atoms with Gasteiger partial charge in [0.25, 0.3) is 0 Å². The summed E-state index contributed by atoms with van der Waals surface area (Å²) in [5.74, 6) is 1.75. The predicted octanol–water partition coefficient (Wildman–Crippen LogP) is 2.53. The highest BCUT2D eigenvalue weighted by Crippen LogP contribution is 2.33. The Labute approximate surface area is 95.0 Å². The second kappa shape index (κ2) is 5.86. The van der Waals surface area contributed by atoms with Crippen LogP contribution in [0.3, 0.4) is 0 Å². The molecule has 2 nitrogen and oxygen atoms in total. The van der Waals surface area contributed by atoms with Crippen molar-refractivity contribution < 1.29 is 0 Å². The van der Waals surface area contributed by atoms with Gasteiger partial charge in [0.2, 0.25) is 0 Å². The highest BCUT2D eigenvalue weighted by molar-refractivity contribution is 4.92. The van der Waals surface area contributed by atoms with Crippen molar-refractivity contribution in [2.75, 3.05) is 13.1 Å². The van der Waals surface area contributed by atoms with Crippen LogP contribution in [0.15, 0.2) is 0 Å². The summed E-state index contributed by atoms with van der Waals surface area (Å²) >= 11 is 0. The molecule has 1 aliphatic carbocycles. The Balaban J connectivity index is 2.56. The number of nitrogens with two attached hydrogens (primary N) is 1. The van der Waals surface area contributed by atoms with E-state index in [0.717, 1.165) is 24.9 Å². The van der Waals surface area contributed by atoms with Gasteiger partial charge >= 0.3 is 0 Å². The zero-order valence-corrected chi connectivity index (χ0v) is 10.7. The summed E-state index contributed by atoms with van der Waals surface area (Å²) in [6.07, 6.45) is 6.61. The lowest BCUT2D eigenvalue weighted by molar-refractivity contribution is 0.283. The minimum atomic E-state index is 0.248. The molecule has 0 heterocycles. The van der Waals surface area contributed by atoms with Gasteiger partial charge in [-0.05, 0) is 37.6 Å². The number of nitrogens with one attached hydrogen (secondary N) is 1. The van der Waals surface area contributed by atoms with Crippen molar-refractivity contribution in [3.63, 3.8) is 0 Å². The van der Waals surface area contributed by atoms with Gasteiger partial charge in [0.05, 0.1) is 0 Å². The molecule has 0 radical (unpaired) electrons. The SMILES string of the molecule is CCNC1(CN)CCCC(C(C)C)CC1. The van der Waals surface area contributed by atoms with Crippen molar-refractivity contribution in [1.29, 1.82) is 0 Å². The Morgan fingerprint density at radius 1 is 1.33 bits per heavy atom. The molecule has 1 fully saturated rings. The summed E-state index contributed by atoms with van der Waals surface area (Å²) in [7, 11) is 0. The van der Waals surface area contributed by atoms with E-state index in [1.165, 1.54) is 32.1 Å². The number of likely N-dealkylation sites (N-methyl/N-ethyl adjacent to an activating group) is 1. The van der Waals surface area contributed by atoms with Crippen LogP contribution in [-0.4, -0.2) is 18.6 Å². The first kappa shape index (κ1) is 13.0. The van der Waals surface area contributed by atoms with Gasteiger partial charge in [-0.3, -0.25) is 0 Å². The Morgan fingerprint density at radius 3 is 2.60 bits per heavy atom. The second-order valence-electron chi connectivity index (χ2n) is 5.45. The normalized spacial score (nSPS) is 33.0. The number of hydrogen-bond acceptors (Lipinski definition) is 2. The van der Waals surface area contributed by atoms with Crippen molar-refractivity contribution in [2.45, 2.75) is 58.4 Å². The molecule has 0 aromatic heterocycles. The molecule has 15 heavy (non-hydrogen) atoms. The minimum Gasteiger partial charge on any atom is -0.329 e. The third kappa shape index (κ3) is 3.46. The molecule has 0 saturated heterocycles. The maximum atomic E-state index is 5.95. The van der Waals surface area contributed by atoms with E-state index < -0.39 is 0 Å². The first-order chi connectivity index (χ1) is 7.13. The van der Waals surface area contributed by atoms with Gasteiger partial charge < -0.3 is 11.1 Å². The number of hydrogen-bond donors (Lipinski definition) is 2. The van der Waals surface area contributed by atoms with E-state index in [1.54, 1.807) is 0 Å². The average molecular weight is 212 g/mol. The van der Waals surface area contributed by atoms with E-state index in [4.69, 9.17) is 5.73 Å². The van der Waals surface area contributed by atoms with Crippen LogP contribution in [0.1, 0.15) is 52.9 Å². The predicted molar refractivity (Wildman–Crippen MR) is 66.9 cm³/mol. The standard InChI is InChI=1S/C13H28N2/c1-4-15-13(10-14)8-5-6-12(7-9-13)11(2)3/h11-12,15H,4-10,14H2,1-3H3. The summed E-state index contributed by atoms with van der Waals surface area (Å²) in [4.78, 5) is 0. The molecule has 90 valence electrons. The van der Waals surface area contributed by atoms with E-state index >= 15 is 0 Å². The molecule has 2 atom stereocenters. The van der Waals surface area contributed by atoms with E-state index in [1.807, 2.05) is 0 Å². The molecule has 0 aromatic rings. The molecule has 0 spiro atoms. The van der Waals surface area contributed by atoms with Crippen molar-refractivity contribution in [3.8, 4) is 0 Å². The van der Waals surface area contributed by atoms with Crippen molar-refractivity contribution in [1.82, 2.24) is 5.32 Å². The monoisotopic (exact) mass is 212 g/mol. The van der Waals surface area contributed by atoms with E-state index in [9.17, 15) is 0 Å². The van der Waals surface area contributed by atoms with Gasteiger partial charge in [-0.25, -0.2) is 0 Å². The molecular formula is C13H28N2. The summed E-state index contributed by atoms with van der Waals surface area (Å²) in [6, 6.07) is 0. The maximum absolute atomic E-state index is 5.95. The van der Waals surface area contributed by atoms with Gasteiger partial charge in [0.1, 0.15) is 0 Å². The van der Waals surface area contributed by atoms with Crippen LogP contribution in [0.5, 0.6) is 0 Å². The molecule has 0 amide bonds. The molecule has 1 aliphatic rings. The van der Waals surface area contributed by atoms with Gasteiger partial charge in [-0.1, -0.05) is 33.6 Å². The summed E-state index contributed by atoms with van der Waals surface area (Å²) in [5, 5.41) is 3.62. The zero-order valence-electron chi connectivity index (χ0n) is 10.7. The molecule has 2 heteroatoms. The Morgan fingerprint density at radius 2 is 2.07 bits per heavy atom. The van der Waals surface area contributed by atoms with Crippen LogP contribution in [-0.2, 0) is 0 Å². The molecule has 1 rings (SSSR count). The Bertz CT molecular complexity index is 179. The van der Waals surface area contributed by atoms with Crippen LogP contribution in [0.4, 0.5) is 0 Å².